The zero-order chi connectivity index (χ0) is 13.8. The third-order valence-electron chi connectivity index (χ3n) is 2.46. The molecule has 2 aromatic rings. The number of anilines is 1. The van der Waals surface area contributed by atoms with Crippen LogP contribution < -0.4 is 5.32 Å². The van der Waals surface area contributed by atoms with E-state index in [0.29, 0.717) is 10.8 Å². The van der Waals surface area contributed by atoms with Crippen molar-refractivity contribution in [2.45, 2.75) is 6.04 Å². The Hall–Kier alpha value is -0.880. The van der Waals surface area contributed by atoms with Gasteiger partial charge in [0.25, 0.3) is 0 Å². The van der Waals surface area contributed by atoms with Crippen LogP contribution in [0.5, 0.6) is 0 Å². The van der Waals surface area contributed by atoms with Gasteiger partial charge in [0, 0.05) is 4.47 Å². The molecule has 0 spiro atoms. The number of aliphatic hydroxyl groups excluding tert-OH is 1. The van der Waals surface area contributed by atoms with Crippen LogP contribution in [-0.2, 0) is 0 Å². The Balaban J connectivity index is 2.26. The molecular weight excluding hydrogens is 353 g/mol. The Labute approximate surface area is 128 Å². The molecule has 0 saturated heterocycles. The number of nitrogens with one attached hydrogen (secondary N) is 1. The summed E-state index contributed by atoms with van der Waals surface area (Å²) in [5.41, 5.74) is 0.905. The molecule has 0 fully saturated rings. The van der Waals surface area contributed by atoms with Crippen LogP contribution in [0.3, 0.4) is 0 Å². The molecule has 0 aliphatic rings. The molecule has 100 valence electrons. The molecule has 19 heavy (non-hydrogen) atoms. The third kappa shape index (κ3) is 3.79. The second-order valence-electron chi connectivity index (χ2n) is 3.77. The fourth-order valence-electron chi connectivity index (χ4n) is 1.57. The highest BCUT2D eigenvalue weighted by Crippen LogP contribution is 2.26. The molecule has 0 aliphatic heterocycles. The fraction of sp³-hybridized carbons (Fsp3) is 0.167. The highest BCUT2D eigenvalue weighted by molar-refractivity contribution is 9.10. The molecule has 1 heterocycles. The van der Waals surface area contributed by atoms with Gasteiger partial charge < -0.3 is 10.4 Å². The summed E-state index contributed by atoms with van der Waals surface area (Å²) in [6, 6.07) is 7.27. The number of halogens is 3. The predicted molar refractivity (Wildman–Crippen MR) is 79.6 cm³/mol. The van der Waals surface area contributed by atoms with Gasteiger partial charge in [-0.05, 0) is 29.3 Å². The molecule has 7 heteroatoms. The van der Waals surface area contributed by atoms with Gasteiger partial charge in [-0.15, -0.1) is 0 Å². The van der Waals surface area contributed by atoms with Crippen molar-refractivity contribution in [3.8, 4) is 0 Å². The van der Waals surface area contributed by atoms with Crippen molar-refractivity contribution in [2.75, 3.05) is 11.9 Å². The molecule has 1 unspecified atom stereocenters. The van der Waals surface area contributed by atoms with Gasteiger partial charge in [-0.3, -0.25) is 0 Å². The topological polar surface area (TPSA) is 58.0 Å². The van der Waals surface area contributed by atoms with Crippen LogP contribution >= 0.6 is 39.1 Å². The summed E-state index contributed by atoms with van der Waals surface area (Å²) in [5, 5.41) is 13.0. The van der Waals surface area contributed by atoms with E-state index in [4.69, 9.17) is 23.2 Å². The van der Waals surface area contributed by atoms with Gasteiger partial charge in [0.15, 0.2) is 0 Å². The summed E-state index contributed by atoms with van der Waals surface area (Å²) >= 11 is 15.1. The van der Waals surface area contributed by atoms with Crippen LogP contribution in [0, 0.1) is 0 Å². The van der Waals surface area contributed by atoms with E-state index in [1.807, 2.05) is 24.3 Å². The largest absolute Gasteiger partial charge is 0.394 e. The van der Waals surface area contributed by atoms with Gasteiger partial charge in [-0.25, -0.2) is 4.98 Å². The fourth-order valence-corrected chi connectivity index (χ4v) is 2.27. The molecular formula is C12H10BrCl2N3O. The summed E-state index contributed by atoms with van der Waals surface area (Å²) in [4.78, 5) is 7.77. The van der Waals surface area contributed by atoms with Crippen molar-refractivity contribution in [1.29, 1.82) is 0 Å². The molecule has 4 nitrogen and oxygen atoms in total. The van der Waals surface area contributed by atoms with Crippen molar-refractivity contribution in [1.82, 2.24) is 9.97 Å². The maximum absolute atomic E-state index is 9.49. The molecule has 0 amide bonds. The van der Waals surface area contributed by atoms with Crippen LogP contribution in [0.1, 0.15) is 11.6 Å². The minimum absolute atomic E-state index is 0.0952. The van der Waals surface area contributed by atoms with E-state index in [0.717, 1.165) is 10.0 Å². The predicted octanol–water partition coefficient (Wildman–Crippen LogP) is 3.69. The zero-order valence-electron chi connectivity index (χ0n) is 9.65. The first-order valence-corrected chi connectivity index (χ1v) is 6.96. The van der Waals surface area contributed by atoms with Gasteiger partial charge in [-0.2, -0.15) is 4.98 Å². The van der Waals surface area contributed by atoms with Gasteiger partial charge in [-0.1, -0.05) is 39.7 Å². The van der Waals surface area contributed by atoms with E-state index < -0.39 is 0 Å². The Morgan fingerprint density at radius 2 is 2.16 bits per heavy atom. The molecule has 0 aliphatic carbocycles. The quantitative estimate of drug-likeness (QED) is 0.814. The highest BCUT2D eigenvalue weighted by atomic mass is 79.9. The minimum Gasteiger partial charge on any atom is -0.394 e. The Morgan fingerprint density at radius 3 is 2.84 bits per heavy atom. The van der Waals surface area contributed by atoms with Crippen LogP contribution in [0.4, 0.5) is 5.82 Å². The lowest BCUT2D eigenvalue weighted by molar-refractivity contribution is 0.276. The normalized spacial score (nSPS) is 12.2. The van der Waals surface area contributed by atoms with Gasteiger partial charge in [0.1, 0.15) is 10.8 Å². The number of aromatic nitrogens is 2. The monoisotopic (exact) mass is 361 g/mol. The Morgan fingerprint density at radius 1 is 1.37 bits per heavy atom. The minimum atomic E-state index is -0.332. The molecule has 1 atom stereocenters. The van der Waals surface area contributed by atoms with Crippen LogP contribution in [0.25, 0.3) is 0 Å². The summed E-state index contributed by atoms with van der Waals surface area (Å²) < 4.78 is 0.928. The van der Waals surface area contributed by atoms with Gasteiger partial charge in [0.2, 0.25) is 5.28 Å². The maximum atomic E-state index is 9.49. The smallest absolute Gasteiger partial charge is 0.224 e. The summed E-state index contributed by atoms with van der Waals surface area (Å²) in [6.45, 7) is -0.103. The van der Waals surface area contributed by atoms with Crippen LogP contribution in [0.2, 0.25) is 10.3 Å². The van der Waals surface area contributed by atoms with Crippen molar-refractivity contribution < 1.29 is 5.11 Å². The Kier molecular flexibility index (Phi) is 4.99. The molecule has 0 saturated carbocycles. The second kappa shape index (κ2) is 6.52. The van der Waals surface area contributed by atoms with E-state index in [2.05, 4.69) is 31.2 Å². The zero-order valence-corrected chi connectivity index (χ0v) is 12.7. The second-order valence-corrected chi connectivity index (χ2v) is 5.43. The summed E-state index contributed by atoms with van der Waals surface area (Å²) in [5.74, 6) is 0.390. The van der Waals surface area contributed by atoms with Gasteiger partial charge >= 0.3 is 0 Å². The average molecular weight is 363 g/mol. The van der Waals surface area contributed by atoms with Crippen LogP contribution in [-0.4, -0.2) is 21.7 Å². The molecule has 1 aromatic carbocycles. The Bertz CT molecular complexity index is 583. The number of hydrogen-bond acceptors (Lipinski definition) is 4. The standard InChI is InChI=1S/C12H10BrCl2N3O/c13-8-3-1-2-7(4-8)10(6-19)17-11-9(14)5-16-12(15)18-11/h1-5,10,19H,6H2,(H,16,17,18). The molecule has 0 radical (unpaired) electrons. The SMILES string of the molecule is OCC(Nc1nc(Cl)ncc1Cl)c1cccc(Br)c1. The maximum Gasteiger partial charge on any atom is 0.224 e. The number of aliphatic hydroxyl groups is 1. The highest BCUT2D eigenvalue weighted by Gasteiger charge is 2.13. The summed E-state index contributed by atoms with van der Waals surface area (Å²) in [7, 11) is 0. The van der Waals surface area contributed by atoms with E-state index >= 15 is 0 Å². The van der Waals surface area contributed by atoms with Crippen molar-refractivity contribution in [2.24, 2.45) is 0 Å². The first-order chi connectivity index (χ1) is 9.10. The third-order valence-corrected chi connectivity index (χ3v) is 3.41. The molecule has 2 rings (SSSR count). The first kappa shape index (κ1) is 14.5. The molecule has 1 aromatic heterocycles. The lowest BCUT2D eigenvalue weighted by atomic mass is 10.1. The molecule has 2 N–H and O–H groups in total. The first-order valence-electron chi connectivity index (χ1n) is 5.41. The van der Waals surface area contributed by atoms with Crippen molar-refractivity contribution in [3.63, 3.8) is 0 Å². The number of nitrogens with zero attached hydrogens (tertiary/aromatic N) is 2. The summed E-state index contributed by atoms with van der Waals surface area (Å²) in [6.07, 6.45) is 1.41. The van der Waals surface area contributed by atoms with Crippen molar-refractivity contribution in [3.05, 3.63) is 50.8 Å². The number of rotatable bonds is 4. The van der Waals surface area contributed by atoms with E-state index in [1.54, 1.807) is 0 Å². The van der Waals surface area contributed by atoms with Gasteiger partial charge in [0.05, 0.1) is 18.8 Å². The lowest BCUT2D eigenvalue weighted by Crippen LogP contribution is -2.16. The average Bonchev–Trinajstić information content (AvgIpc) is 2.39. The number of hydrogen-bond donors (Lipinski definition) is 2. The number of benzene rings is 1. The van der Waals surface area contributed by atoms with E-state index in [-0.39, 0.29) is 17.9 Å². The van der Waals surface area contributed by atoms with Crippen molar-refractivity contribution >= 4 is 44.9 Å². The van der Waals surface area contributed by atoms with E-state index in [9.17, 15) is 5.11 Å². The van der Waals surface area contributed by atoms with Crippen LogP contribution in [0.15, 0.2) is 34.9 Å². The lowest BCUT2D eigenvalue weighted by Gasteiger charge is -2.18. The van der Waals surface area contributed by atoms with E-state index in [1.165, 1.54) is 6.20 Å². The molecule has 0 bridgehead atoms.